The van der Waals surface area contributed by atoms with Gasteiger partial charge in [0.15, 0.2) is 23.2 Å². The van der Waals surface area contributed by atoms with Crippen molar-refractivity contribution < 1.29 is 14.9 Å². The first-order chi connectivity index (χ1) is 12.7. The fourth-order valence-corrected chi connectivity index (χ4v) is 4.48. The highest BCUT2D eigenvalue weighted by Gasteiger charge is 2.44. The third-order valence-electron chi connectivity index (χ3n) is 5.15. The summed E-state index contributed by atoms with van der Waals surface area (Å²) in [5.41, 5.74) is 1.26. The Morgan fingerprint density at radius 3 is 2.81 bits per heavy atom. The van der Waals surface area contributed by atoms with Crippen LogP contribution >= 0.6 is 11.8 Å². The number of ether oxygens (including phenoxy) is 1. The van der Waals surface area contributed by atoms with Crippen molar-refractivity contribution in [2.75, 3.05) is 16.8 Å². The van der Waals surface area contributed by atoms with Crippen LogP contribution in [0.4, 0.5) is 5.82 Å². The highest BCUT2D eigenvalue weighted by atomic mass is 32.2. The van der Waals surface area contributed by atoms with E-state index in [1.54, 1.807) is 22.7 Å². The van der Waals surface area contributed by atoms with Crippen molar-refractivity contribution in [3.8, 4) is 0 Å². The molecule has 9 heteroatoms. The summed E-state index contributed by atoms with van der Waals surface area (Å²) < 4.78 is 7.63. The van der Waals surface area contributed by atoms with E-state index in [-0.39, 0.29) is 0 Å². The van der Waals surface area contributed by atoms with Crippen LogP contribution in [0.3, 0.4) is 0 Å². The number of nitrogens with one attached hydrogen (secondary N) is 1. The Morgan fingerprint density at radius 1 is 1.23 bits per heavy atom. The zero-order valence-electron chi connectivity index (χ0n) is 14.8. The van der Waals surface area contributed by atoms with Gasteiger partial charge in [-0.05, 0) is 18.6 Å². The molecule has 8 nitrogen and oxygen atoms in total. The highest BCUT2D eigenvalue weighted by Crippen LogP contribution is 2.34. The molecule has 4 atom stereocenters. The van der Waals surface area contributed by atoms with E-state index in [0.29, 0.717) is 28.8 Å². The van der Waals surface area contributed by atoms with E-state index in [0.717, 1.165) is 18.6 Å². The maximum atomic E-state index is 10.5. The second-order valence-corrected chi connectivity index (χ2v) is 8.20. The number of rotatable bonds is 6. The Bertz CT molecular complexity index is 751. The van der Waals surface area contributed by atoms with Crippen molar-refractivity contribution in [2.45, 2.75) is 63.2 Å². The fraction of sp³-hybridized carbons (Fsp3) is 0.706. The predicted octanol–water partition coefficient (Wildman–Crippen LogP) is 1.55. The van der Waals surface area contributed by atoms with Gasteiger partial charge in [-0.2, -0.15) is 11.8 Å². The molecule has 1 aliphatic carbocycles. The zero-order chi connectivity index (χ0) is 18.1. The molecule has 1 saturated heterocycles. The summed E-state index contributed by atoms with van der Waals surface area (Å²) in [5.74, 6) is 2.29. The van der Waals surface area contributed by atoms with Gasteiger partial charge in [0.25, 0.3) is 0 Å². The normalized spacial score (nSPS) is 29.7. The van der Waals surface area contributed by atoms with E-state index in [9.17, 15) is 10.2 Å². The summed E-state index contributed by atoms with van der Waals surface area (Å²) in [6.45, 7) is 2.05. The van der Waals surface area contributed by atoms with Gasteiger partial charge < -0.3 is 20.3 Å². The molecule has 0 bridgehead atoms. The van der Waals surface area contributed by atoms with Crippen LogP contribution in [0.1, 0.15) is 38.8 Å². The molecule has 2 aliphatic rings. The SMILES string of the molecule is CCSC[C@H]1O[C@@H](n2cnc3c(NC4CCCC4)ncnc32)C(O)C1O. The first kappa shape index (κ1) is 18.0. The summed E-state index contributed by atoms with van der Waals surface area (Å²) in [5, 5.41) is 24.2. The lowest BCUT2D eigenvalue weighted by Crippen LogP contribution is -2.32. The molecule has 2 unspecified atom stereocenters. The minimum absolute atomic E-state index is 0.407. The summed E-state index contributed by atoms with van der Waals surface area (Å²) in [7, 11) is 0. The van der Waals surface area contributed by atoms with Crippen LogP contribution in [-0.2, 0) is 4.74 Å². The molecule has 0 aromatic carbocycles. The summed E-state index contributed by atoms with van der Waals surface area (Å²) in [6.07, 6.45) is 4.80. The van der Waals surface area contributed by atoms with Crippen molar-refractivity contribution in [3.05, 3.63) is 12.7 Å². The van der Waals surface area contributed by atoms with Crippen molar-refractivity contribution in [1.29, 1.82) is 0 Å². The molecule has 26 heavy (non-hydrogen) atoms. The third kappa shape index (κ3) is 3.28. The smallest absolute Gasteiger partial charge is 0.167 e. The molecule has 142 valence electrons. The Morgan fingerprint density at radius 2 is 2.04 bits per heavy atom. The predicted molar refractivity (Wildman–Crippen MR) is 100 cm³/mol. The molecule has 0 amide bonds. The van der Waals surface area contributed by atoms with Crippen LogP contribution in [0.2, 0.25) is 0 Å². The molecular weight excluding hydrogens is 354 g/mol. The van der Waals surface area contributed by atoms with Crippen LogP contribution in [0.15, 0.2) is 12.7 Å². The van der Waals surface area contributed by atoms with Crippen LogP contribution < -0.4 is 5.32 Å². The second kappa shape index (κ2) is 7.67. The van der Waals surface area contributed by atoms with Crippen LogP contribution in [0, 0.1) is 0 Å². The van der Waals surface area contributed by atoms with E-state index in [1.807, 2.05) is 0 Å². The molecule has 4 rings (SSSR count). The minimum Gasteiger partial charge on any atom is -0.387 e. The number of hydrogen-bond acceptors (Lipinski definition) is 8. The lowest BCUT2D eigenvalue weighted by molar-refractivity contribution is -0.0288. The maximum absolute atomic E-state index is 10.5. The molecule has 3 heterocycles. The van der Waals surface area contributed by atoms with E-state index in [2.05, 4.69) is 27.2 Å². The van der Waals surface area contributed by atoms with Crippen molar-refractivity contribution in [3.63, 3.8) is 0 Å². The number of nitrogens with zero attached hydrogens (tertiary/aromatic N) is 4. The third-order valence-corrected chi connectivity index (χ3v) is 6.12. The average Bonchev–Trinajstić information content (AvgIpc) is 3.36. The van der Waals surface area contributed by atoms with Crippen LogP contribution in [0.25, 0.3) is 11.2 Å². The molecule has 1 saturated carbocycles. The first-order valence-electron chi connectivity index (χ1n) is 9.22. The Labute approximate surface area is 156 Å². The molecule has 0 radical (unpaired) electrons. The molecule has 1 aliphatic heterocycles. The van der Waals surface area contributed by atoms with Gasteiger partial charge >= 0.3 is 0 Å². The Balaban J connectivity index is 1.59. The first-order valence-corrected chi connectivity index (χ1v) is 10.4. The van der Waals surface area contributed by atoms with Gasteiger partial charge in [0, 0.05) is 11.8 Å². The lowest BCUT2D eigenvalue weighted by Gasteiger charge is -2.17. The maximum Gasteiger partial charge on any atom is 0.167 e. The topological polar surface area (TPSA) is 105 Å². The van der Waals surface area contributed by atoms with E-state index >= 15 is 0 Å². The van der Waals surface area contributed by atoms with Gasteiger partial charge in [-0.25, -0.2) is 15.0 Å². The summed E-state index contributed by atoms with van der Waals surface area (Å²) >= 11 is 1.68. The monoisotopic (exact) mass is 379 g/mol. The molecule has 3 N–H and O–H groups in total. The van der Waals surface area contributed by atoms with Gasteiger partial charge in [0.05, 0.1) is 12.4 Å². The van der Waals surface area contributed by atoms with E-state index < -0.39 is 24.5 Å². The lowest BCUT2D eigenvalue weighted by atomic mass is 10.1. The quantitative estimate of drug-likeness (QED) is 0.694. The number of aliphatic hydroxyl groups is 2. The van der Waals surface area contributed by atoms with Crippen LogP contribution in [-0.4, -0.2) is 65.6 Å². The van der Waals surface area contributed by atoms with Gasteiger partial charge in [-0.1, -0.05) is 19.8 Å². The van der Waals surface area contributed by atoms with Gasteiger partial charge in [0.2, 0.25) is 0 Å². The van der Waals surface area contributed by atoms with Crippen molar-refractivity contribution >= 4 is 28.7 Å². The van der Waals surface area contributed by atoms with Gasteiger partial charge in [-0.15, -0.1) is 0 Å². The number of aromatic nitrogens is 4. The summed E-state index contributed by atoms with van der Waals surface area (Å²) in [6, 6.07) is 0.420. The van der Waals surface area contributed by atoms with E-state index in [4.69, 9.17) is 4.74 Å². The molecule has 2 aromatic rings. The molecule has 0 spiro atoms. The molecule has 2 aromatic heterocycles. The summed E-state index contributed by atoms with van der Waals surface area (Å²) in [4.78, 5) is 13.1. The Hall–Kier alpha value is -1.42. The van der Waals surface area contributed by atoms with Crippen molar-refractivity contribution in [1.82, 2.24) is 19.5 Å². The standard InChI is InChI=1S/C17H25N5O3S/c1-2-26-7-11-13(23)14(24)17(25-11)22-9-20-12-15(18-8-19-16(12)22)21-10-5-3-4-6-10/h8-11,13-14,17,23-24H,2-7H2,1H3,(H,18,19,21)/t11-,13?,14?,17-/m1/s1. The number of anilines is 1. The Kier molecular flexibility index (Phi) is 5.30. The highest BCUT2D eigenvalue weighted by molar-refractivity contribution is 7.99. The zero-order valence-corrected chi connectivity index (χ0v) is 15.6. The number of imidazole rings is 1. The number of fused-ring (bicyclic) bond motifs is 1. The number of aliphatic hydroxyl groups excluding tert-OH is 2. The molecule has 2 fully saturated rings. The minimum atomic E-state index is -1.02. The van der Waals surface area contributed by atoms with Gasteiger partial charge in [-0.3, -0.25) is 4.57 Å². The van der Waals surface area contributed by atoms with E-state index in [1.165, 1.54) is 19.2 Å². The number of thioether (sulfide) groups is 1. The average molecular weight is 379 g/mol. The van der Waals surface area contributed by atoms with Crippen molar-refractivity contribution in [2.24, 2.45) is 0 Å². The van der Waals surface area contributed by atoms with Crippen LogP contribution in [0.5, 0.6) is 0 Å². The molecular formula is C17H25N5O3S. The van der Waals surface area contributed by atoms with Gasteiger partial charge in [0.1, 0.15) is 18.5 Å². The fourth-order valence-electron chi connectivity index (χ4n) is 3.74. The number of hydrogen-bond donors (Lipinski definition) is 3. The second-order valence-electron chi connectivity index (χ2n) is 6.88. The largest absolute Gasteiger partial charge is 0.387 e.